The van der Waals surface area contributed by atoms with Crippen LogP contribution in [0.3, 0.4) is 0 Å². The molecule has 0 spiro atoms. The van der Waals surface area contributed by atoms with Crippen LogP contribution < -0.4 is 21.5 Å². The average Bonchev–Trinajstić information content (AvgIpc) is 2.66. The Morgan fingerprint density at radius 3 is 2.19 bits per heavy atom. The first-order valence-electron chi connectivity index (χ1n) is 9.26. The highest BCUT2D eigenvalue weighted by Crippen LogP contribution is 2.09. The summed E-state index contributed by atoms with van der Waals surface area (Å²) < 4.78 is 0. The number of nitrogens with one attached hydrogen (secondary N) is 4. The van der Waals surface area contributed by atoms with Crippen LogP contribution in [0, 0.1) is 0 Å². The lowest BCUT2D eigenvalue weighted by Gasteiger charge is -2.11. The number of carbonyl (C=O) groups excluding carboxylic acids is 3. The van der Waals surface area contributed by atoms with Gasteiger partial charge >= 0.3 is 0 Å². The molecule has 0 aromatic heterocycles. The largest absolute Gasteiger partial charge is 0.326 e. The van der Waals surface area contributed by atoms with Gasteiger partial charge in [-0.25, -0.2) is 0 Å². The summed E-state index contributed by atoms with van der Waals surface area (Å²) >= 11 is 5.00. The third-order valence-electron chi connectivity index (χ3n) is 3.80. The third kappa shape index (κ3) is 9.69. The van der Waals surface area contributed by atoms with E-state index in [1.807, 2.05) is 0 Å². The lowest BCUT2D eigenvalue weighted by Crippen LogP contribution is -2.48. The van der Waals surface area contributed by atoms with E-state index in [0.717, 1.165) is 25.7 Å². The molecule has 27 heavy (non-hydrogen) atoms. The van der Waals surface area contributed by atoms with E-state index in [4.69, 9.17) is 12.2 Å². The number of amides is 3. The van der Waals surface area contributed by atoms with Crippen LogP contribution in [0.2, 0.25) is 0 Å². The Morgan fingerprint density at radius 1 is 0.889 bits per heavy atom. The summed E-state index contributed by atoms with van der Waals surface area (Å²) in [5, 5.41) is 5.29. The molecule has 0 bridgehead atoms. The Kier molecular flexibility index (Phi) is 10.7. The van der Waals surface area contributed by atoms with Crippen LogP contribution in [0.1, 0.15) is 69.2 Å². The van der Waals surface area contributed by atoms with Crippen LogP contribution in [0.4, 0.5) is 5.69 Å². The Balaban J connectivity index is 2.31. The number of carbonyl (C=O) groups is 3. The molecule has 0 aliphatic heterocycles. The van der Waals surface area contributed by atoms with Crippen LogP contribution in [-0.4, -0.2) is 22.8 Å². The summed E-state index contributed by atoms with van der Waals surface area (Å²) in [7, 11) is 0. The van der Waals surface area contributed by atoms with Crippen LogP contribution >= 0.6 is 12.2 Å². The van der Waals surface area contributed by atoms with Gasteiger partial charge in [-0.05, 0) is 42.9 Å². The average molecular weight is 393 g/mol. The van der Waals surface area contributed by atoms with Gasteiger partial charge in [0.2, 0.25) is 11.8 Å². The minimum Gasteiger partial charge on any atom is -0.326 e. The third-order valence-corrected chi connectivity index (χ3v) is 4.01. The number of rotatable bonds is 9. The van der Waals surface area contributed by atoms with Gasteiger partial charge in [0, 0.05) is 24.1 Å². The maximum absolute atomic E-state index is 12.1. The number of anilines is 1. The van der Waals surface area contributed by atoms with E-state index in [0.29, 0.717) is 24.1 Å². The van der Waals surface area contributed by atoms with Crippen LogP contribution in [0.15, 0.2) is 24.3 Å². The number of hydrogen-bond acceptors (Lipinski definition) is 4. The standard InChI is InChI=1S/C19H28N4O3S/c1-3-5-6-7-8-9-17(25)21-19(27)23-22-18(26)14-10-12-15(13-11-14)20-16(24)4-2/h10-13H,3-9H2,1-2H3,(H,20,24)(H,22,26)(H2,21,23,25,27). The van der Waals surface area contributed by atoms with E-state index >= 15 is 0 Å². The maximum Gasteiger partial charge on any atom is 0.269 e. The quantitative estimate of drug-likeness (QED) is 0.294. The first-order valence-corrected chi connectivity index (χ1v) is 9.67. The van der Waals surface area contributed by atoms with Crippen molar-refractivity contribution in [1.82, 2.24) is 16.2 Å². The smallest absolute Gasteiger partial charge is 0.269 e. The molecular formula is C19H28N4O3S. The summed E-state index contributed by atoms with van der Waals surface area (Å²) in [4.78, 5) is 35.2. The minimum absolute atomic E-state index is 0.0498. The van der Waals surface area contributed by atoms with Gasteiger partial charge in [-0.15, -0.1) is 0 Å². The summed E-state index contributed by atoms with van der Waals surface area (Å²) in [6.07, 6.45) is 6.10. The fraction of sp³-hybridized carbons (Fsp3) is 0.474. The lowest BCUT2D eigenvalue weighted by molar-refractivity contribution is -0.120. The van der Waals surface area contributed by atoms with Gasteiger partial charge in [-0.3, -0.25) is 25.2 Å². The van der Waals surface area contributed by atoms with Crippen molar-refractivity contribution >= 4 is 40.7 Å². The van der Waals surface area contributed by atoms with Crippen molar-refractivity contribution in [3.05, 3.63) is 29.8 Å². The molecular weight excluding hydrogens is 364 g/mol. The zero-order valence-electron chi connectivity index (χ0n) is 15.9. The number of hydrogen-bond donors (Lipinski definition) is 4. The number of hydrazine groups is 1. The zero-order chi connectivity index (χ0) is 20.1. The van der Waals surface area contributed by atoms with E-state index in [-0.39, 0.29) is 16.9 Å². The Morgan fingerprint density at radius 2 is 1.56 bits per heavy atom. The second kappa shape index (κ2) is 12.8. The molecule has 4 N–H and O–H groups in total. The highest BCUT2D eigenvalue weighted by atomic mass is 32.1. The lowest BCUT2D eigenvalue weighted by atomic mass is 10.1. The molecule has 1 aromatic carbocycles. The van der Waals surface area contributed by atoms with E-state index < -0.39 is 5.91 Å². The van der Waals surface area contributed by atoms with Crippen LogP contribution in [0.5, 0.6) is 0 Å². The molecule has 8 heteroatoms. The first-order chi connectivity index (χ1) is 13.0. The predicted molar refractivity (Wildman–Crippen MR) is 110 cm³/mol. The molecule has 0 saturated heterocycles. The Hall–Kier alpha value is -2.48. The molecule has 0 saturated carbocycles. The van der Waals surface area contributed by atoms with Crippen molar-refractivity contribution in [2.24, 2.45) is 0 Å². The Labute approximate surface area is 165 Å². The van der Waals surface area contributed by atoms with Gasteiger partial charge in [-0.1, -0.05) is 39.5 Å². The molecule has 3 amide bonds. The second-order valence-corrected chi connectivity index (χ2v) is 6.51. The minimum atomic E-state index is -0.403. The number of thiocarbonyl (C=S) groups is 1. The number of benzene rings is 1. The molecule has 7 nitrogen and oxygen atoms in total. The molecule has 1 aromatic rings. The van der Waals surface area contributed by atoms with Crippen molar-refractivity contribution in [2.75, 3.05) is 5.32 Å². The molecule has 1 rings (SSSR count). The fourth-order valence-corrected chi connectivity index (χ4v) is 2.41. The molecule has 148 valence electrons. The monoisotopic (exact) mass is 392 g/mol. The fourth-order valence-electron chi connectivity index (χ4n) is 2.25. The van der Waals surface area contributed by atoms with Crippen molar-refractivity contribution in [3.63, 3.8) is 0 Å². The molecule has 0 atom stereocenters. The van der Waals surface area contributed by atoms with Gasteiger partial charge in [0.25, 0.3) is 5.91 Å². The van der Waals surface area contributed by atoms with Crippen molar-refractivity contribution in [2.45, 2.75) is 58.8 Å². The SMILES string of the molecule is CCCCCCCC(=O)NC(=S)NNC(=O)c1ccc(NC(=O)CC)cc1. The zero-order valence-corrected chi connectivity index (χ0v) is 16.7. The first kappa shape index (κ1) is 22.6. The summed E-state index contributed by atoms with van der Waals surface area (Å²) in [5.41, 5.74) is 5.95. The van der Waals surface area contributed by atoms with Crippen molar-refractivity contribution in [3.8, 4) is 0 Å². The second-order valence-electron chi connectivity index (χ2n) is 6.10. The normalized spacial score (nSPS) is 10.0. The van der Waals surface area contributed by atoms with Gasteiger partial charge in [0.1, 0.15) is 0 Å². The maximum atomic E-state index is 12.1. The van der Waals surface area contributed by atoms with Crippen LogP contribution in [0.25, 0.3) is 0 Å². The van der Waals surface area contributed by atoms with Gasteiger partial charge in [0.05, 0.1) is 0 Å². The summed E-state index contributed by atoms with van der Waals surface area (Å²) in [6, 6.07) is 6.45. The molecule has 0 unspecified atom stereocenters. The topological polar surface area (TPSA) is 99.3 Å². The van der Waals surface area contributed by atoms with Gasteiger partial charge in [-0.2, -0.15) is 0 Å². The van der Waals surface area contributed by atoms with Gasteiger partial charge < -0.3 is 10.6 Å². The molecule has 0 fully saturated rings. The van der Waals surface area contributed by atoms with Crippen molar-refractivity contribution < 1.29 is 14.4 Å². The summed E-state index contributed by atoms with van der Waals surface area (Å²) in [6.45, 7) is 3.90. The number of unbranched alkanes of at least 4 members (excludes halogenated alkanes) is 4. The van der Waals surface area contributed by atoms with E-state index in [9.17, 15) is 14.4 Å². The molecule has 0 radical (unpaired) electrons. The summed E-state index contributed by atoms with van der Waals surface area (Å²) in [5.74, 6) is -0.672. The van der Waals surface area contributed by atoms with Crippen molar-refractivity contribution in [1.29, 1.82) is 0 Å². The molecule has 0 heterocycles. The highest BCUT2D eigenvalue weighted by Gasteiger charge is 2.08. The van der Waals surface area contributed by atoms with E-state index in [1.54, 1.807) is 31.2 Å². The van der Waals surface area contributed by atoms with Crippen LogP contribution in [-0.2, 0) is 9.59 Å². The van der Waals surface area contributed by atoms with E-state index in [2.05, 4.69) is 28.4 Å². The highest BCUT2D eigenvalue weighted by molar-refractivity contribution is 7.80. The van der Waals surface area contributed by atoms with Gasteiger partial charge in [0.15, 0.2) is 5.11 Å². The Bertz CT molecular complexity index is 647. The molecule has 0 aliphatic rings. The predicted octanol–water partition coefficient (Wildman–Crippen LogP) is 3.03. The molecule has 0 aliphatic carbocycles. The van der Waals surface area contributed by atoms with E-state index in [1.165, 1.54) is 6.42 Å².